The first-order valence-corrected chi connectivity index (χ1v) is 10.4. The first-order chi connectivity index (χ1) is 14.7. The van der Waals surface area contributed by atoms with Crippen molar-refractivity contribution in [1.82, 2.24) is 14.3 Å². The van der Waals surface area contributed by atoms with Crippen LogP contribution >= 0.6 is 11.5 Å². The van der Waals surface area contributed by atoms with Crippen LogP contribution in [0.3, 0.4) is 0 Å². The summed E-state index contributed by atoms with van der Waals surface area (Å²) >= 11 is 1.44. The van der Waals surface area contributed by atoms with Gasteiger partial charge in [0.2, 0.25) is 0 Å². The molecule has 0 N–H and O–H groups in total. The Bertz CT molecular complexity index is 1190. The number of nitrogens with zero attached hydrogens (tertiary/aromatic N) is 6. The monoisotopic (exact) mass is 418 g/mol. The highest BCUT2D eigenvalue weighted by Gasteiger charge is 2.23. The molecule has 0 aliphatic carbocycles. The van der Waals surface area contributed by atoms with Crippen molar-refractivity contribution in [3.63, 3.8) is 0 Å². The van der Waals surface area contributed by atoms with Crippen molar-refractivity contribution >= 4 is 38.9 Å². The van der Waals surface area contributed by atoms with Crippen molar-refractivity contribution in [2.75, 3.05) is 36.0 Å². The van der Waals surface area contributed by atoms with E-state index in [0.29, 0.717) is 0 Å². The van der Waals surface area contributed by atoms with Crippen LogP contribution in [0.2, 0.25) is 0 Å². The zero-order chi connectivity index (χ0) is 20.5. The number of piperazine rings is 1. The van der Waals surface area contributed by atoms with E-state index in [0.717, 1.165) is 59.2 Å². The normalized spacial score (nSPS) is 14.3. The number of rotatable bonds is 4. The summed E-state index contributed by atoms with van der Waals surface area (Å²) < 4.78 is 5.65. The second kappa shape index (κ2) is 7.68. The number of fused-ring (bicyclic) bond motifs is 1. The molecule has 150 valence electrons. The van der Waals surface area contributed by atoms with Crippen LogP contribution < -0.4 is 9.80 Å². The summed E-state index contributed by atoms with van der Waals surface area (Å²) in [6.07, 6.45) is 1.61. The summed E-state index contributed by atoms with van der Waals surface area (Å²) in [7, 11) is 0. The van der Waals surface area contributed by atoms with Gasteiger partial charge in [0.05, 0.1) is 4.92 Å². The number of nitro groups is 1. The number of anilines is 2. The molecule has 1 aliphatic heterocycles. The highest BCUT2D eigenvalue weighted by Crippen LogP contribution is 2.34. The average molecular weight is 418 g/mol. The molecule has 4 aromatic rings. The summed E-state index contributed by atoms with van der Waals surface area (Å²) in [6, 6.07) is 16.8. The van der Waals surface area contributed by atoms with Gasteiger partial charge in [-0.15, -0.1) is 0 Å². The molecule has 1 saturated heterocycles. The smallest absolute Gasteiger partial charge is 0.269 e. The fourth-order valence-corrected chi connectivity index (χ4v) is 4.60. The number of nitro benzene ring substituents is 1. The SMILES string of the molecule is O=[N+]([O-])c1ccc(N2CCN(c3ncnc4c(-c5ccccc5)nsc34)CC2)cc1. The Kier molecular flexibility index (Phi) is 4.72. The van der Waals surface area contributed by atoms with E-state index in [4.69, 9.17) is 0 Å². The molecule has 2 aromatic carbocycles. The maximum atomic E-state index is 10.9. The Hall–Kier alpha value is -3.59. The van der Waals surface area contributed by atoms with Crippen LogP contribution in [0.15, 0.2) is 60.9 Å². The van der Waals surface area contributed by atoms with E-state index in [1.807, 2.05) is 42.5 Å². The lowest BCUT2D eigenvalue weighted by Gasteiger charge is -2.36. The molecule has 3 heterocycles. The second-order valence-corrected chi connectivity index (χ2v) is 7.79. The van der Waals surface area contributed by atoms with Gasteiger partial charge in [-0.1, -0.05) is 30.3 Å². The van der Waals surface area contributed by atoms with E-state index in [9.17, 15) is 10.1 Å². The number of benzene rings is 2. The summed E-state index contributed by atoms with van der Waals surface area (Å²) in [5.41, 5.74) is 3.94. The number of hydrogen-bond acceptors (Lipinski definition) is 8. The predicted molar refractivity (Wildman–Crippen MR) is 118 cm³/mol. The van der Waals surface area contributed by atoms with Gasteiger partial charge in [0, 0.05) is 49.6 Å². The molecule has 1 fully saturated rings. The Labute approximate surface area is 176 Å². The van der Waals surface area contributed by atoms with Crippen molar-refractivity contribution in [1.29, 1.82) is 0 Å². The fourth-order valence-electron chi connectivity index (χ4n) is 3.72. The van der Waals surface area contributed by atoms with Crippen molar-refractivity contribution in [3.05, 3.63) is 71.0 Å². The fraction of sp³-hybridized carbons (Fsp3) is 0.190. The molecule has 0 unspecified atom stereocenters. The molecule has 0 atom stereocenters. The zero-order valence-electron chi connectivity index (χ0n) is 16.0. The highest BCUT2D eigenvalue weighted by atomic mass is 32.1. The Morgan fingerprint density at radius 1 is 0.900 bits per heavy atom. The lowest BCUT2D eigenvalue weighted by Crippen LogP contribution is -2.46. The first kappa shape index (κ1) is 18.4. The summed E-state index contributed by atoms with van der Waals surface area (Å²) in [4.78, 5) is 24.0. The Morgan fingerprint density at radius 3 is 2.30 bits per heavy atom. The standard InChI is InChI=1S/C21H18N6O2S/c28-27(29)17-8-6-16(7-9-17)25-10-12-26(13-11-25)21-20-19(22-14-23-21)18(24-30-20)15-4-2-1-3-5-15/h1-9,14H,10-13H2. The summed E-state index contributed by atoms with van der Waals surface area (Å²) in [6.45, 7) is 3.24. The van der Waals surface area contributed by atoms with Gasteiger partial charge in [-0.3, -0.25) is 10.1 Å². The number of hydrogen-bond donors (Lipinski definition) is 0. The summed E-state index contributed by atoms with van der Waals surface area (Å²) in [5.74, 6) is 0.919. The van der Waals surface area contributed by atoms with Crippen LogP contribution in [-0.2, 0) is 0 Å². The van der Waals surface area contributed by atoms with Crippen LogP contribution in [0.4, 0.5) is 17.2 Å². The van der Waals surface area contributed by atoms with E-state index < -0.39 is 0 Å². The van der Waals surface area contributed by atoms with E-state index in [-0.39, 0.29) is 10.6 Å². The van der Waals surface area contributed by atoms with Gasteiger partial charge in [0.1, 0.15) is 22.2 Å². The topological polar surface area (TPSA) is 88.3 Å². The molecule has 30 heavy (non-hydrogen) atoms. The van der Waals surface area contributed by atoms with Crippen LogP contribution in [-0.4, -0.2) is 45.4 Å². The molecular weight excluding hydrogens is 400 g/mol. The quantitative estimate of drug-likeness (QED) is 0.366. The van der Waals surface area contributed by atoms with E-state index >= 15 is 0 Å². The van der Waals surface area contributed by atoms with Crippen LogP contribution in [0.1, 0.15) is 0 Å². The van der Waals surface area contributed by atoms with Gasteiger partial charge in [-0.25, -0.2) is 9.97 Å². The van der Waals surface area contributed by atoms with Crippen LogP contribution in [0.5, 0.6) is 0 Å². The number of aromatic nitrogens is 3. The molecule has 0 saturated carbocycles. The molecule has 5 rings (SSSR count). The predicted octanol–water partition coefficient (Wildman–Crippen LogP) is 3.99. The number of non-ortho nitro benzene ring substituents is 1. The Morgan fingerprint density at radius 2 is 1.60 bits per heavy atom. The van der Waals surface area contributed by atoms with Gasteiger partial charge in [0.15, 0.2) is 5.82 Å². The van der Waals surface area contributed by atoms with Gasteiger partial charge in [-0.2, -0.15) is 4.37 Å². The van der Waals surface area contributed by atoms with Crippen LogP contribution in [0, 0.1) is 10.1 Å². The minimum absolute atomic E-state index is 0.111. The van der Waals surface area contributed by atoms with E-state index in [2.05, 4.69) is 24.1 Å². The molecule has 0 radical (unpaired) electrons. The molecular formula is C21H18N6O2S. The largest absolute Gasteiger partial charge is 0.368 e. The van der Waals surface area contributed by atoms with Gasteiger partial charge >= 0.3 is 0 Å². The highest BCUT2D eigenvalue weighted by molar-refractivity contribution is 7.14. The maximum Gasteiger partial charge on any atom is 0.269 e. The van der Waals surface area contributed by atoms with E-state index in [1.54, 1.807) is 18.5 Å². The molecule has 9 heteroatoms. The third-order valence-corrected chi connectivity index (χ3v) is 6.12. The molecule has 0 bridgehead atoms. The van der Waals surface area contributed by atoms with Gasteiger partial charge < -0.3 is 9.80 Å². The third kappa shape index (κ3) is 3.33. The van der Waals surface area contributed by atoms with Crippen molar-refractivity contribution in [3.8, 4) is 11.3 Å². The summed E-state index contributed by atoms with van der Waals surface area (Å²) in [5, 5.41) is 10.9. The lowest BCUT2D eigenvalue weighted by molar-refractivity contribution is -0.384. The van der Waals surface area contributed by atoms with Crippen molar-refractivity contribution in [2.45, 2.75) is 0 Å². The molecule has 0 spiro atoms. The lowest BCUT2D eigenvalue weighted by atomic mass is 10.1. The zero-order valence-corrected chi connectivity index (χ0v) is 16.8. The van der Waals surface area contributed by atoms with E-state index in [1.165, 1.54) is 11.5 Å². The molecule has 0 amide bonds. The third-order valence-electron chi connectivity index (χ3n) is 5.29. The van der Waals surface area contributed by atoms with Crippen molar-refractivity contribution < 1.29 is 4.92 Å². The Balaban J connectivity index is 1.36. The second-order valence-electron chi connectivity index (χ2n) is 7.02. The maximum absolute atomic E-state index is 10.9. The molecule has 8 nitrogen and oxygen atoms in total. The average Bonchev–Trinajstić information content (AvgIpc) is 3.24. The first-order valence-electron chi connectivity index (χ1n) is 9.61. The molecule has 1 aliphatic rings. The molecule has 2 aromatic heterocycles. The minimum Gasteiger partial charge on any atom is -0.368 e. The minimum atomic E-state index is -0.374. The van der Waals surface area contributed by atoms with Gasteiger partial charge in [0.25, 0.3) is 5.69 Å². The van der Waals surface area contributed by atoms with Crippen molar-refractivity contribution in [2.24, 2.45) is 0 Å². The van der Waals surface area contributed by atoms with Crippen LogP contribution in [0.25, 0.3) is 21.5 Å². The van der Waals surface area contributed by atoms with Gasteiger partial charge in [-0.05, 0) is 23.7 Å².